The summed E-state index contributed by atoms with van der Waals surface area (Å²) in [6, 6.07) is 19.8. The summed E-state index contributed by atoms with van der Waals surface area (Å²) >= 11 is 0. The summed E-state index contributed by atoms with van der Waals surface area (Å²) < 4.78 is 1.87. The van der Waals surface area contributed by atoms with Gasteiger partial charge in [0.1, 0.15) is 0 Å². The highest BCUT2D eigenvalue weighted by Gasteiger charge is 2.19. The molecule has 3 rings (SSSR count). The highest BCUT2D eigenvalue weighted by molar-refractivity contribution is 6.25. The number of aromatic nitrogens is 1. The molecule has 0 bridgehead atoms. The van der Waals surface area contributed by atoms with Gasteiger partial charge in [-0.15, -0.1) is 0 Å². The first-order chi connectivity index (χ1) is 13.1. The molecule has 0 atom stereocenters. The van der Waals surface area contributed by atoms with E-state index in [0.717, 1.165) is 11.3 Å². The highest BCUT2D eigenvalue weighted by atomic mass is 16.4. The topological polar surface area (TPSA) is 71.3 Å². The van der Waals surface area contributed by atoms with Gasteiger partial charge in [-0.05, 0) is 29.8 Å². The zero-order valence-corrected chi connectivity index (χ0v) is 14.9. The number of benzene rings is 2. The Morgan fingerprint density at radius 2 is 1.63 bits per heavy atom. The number of hydrogen-bond donors (Lipinski definition) is 2. The van der Waals surface area contributed by atoms with Gasteiger partial charge in [-0.3, -0.25) is 4.79 Å². The normalized spacial score (nSPS) is 11.2. The van der Waals surface area contributed by atoms with Crippen molar-refractivity contribution in [3.05, 3.63) is 95.3 Å². The van der Waals surface area contributed by atoms with Crippen LogP contribution in [0, 0.1) is 0 Å². The molecule has 2 aromatic carbocycles. The molecule has 3 aromatic rings. The number of rotatable bonds is 6. The van der Waals surface area contributed by atoms with Crippen LogP contribution in [0.1, 0.15) is 27.2 Å². The maximum absolute atomic E-state index is 12.9. The molecule has 5 nitrogen and oxygen atoms in total. The Bertz CT molecular complexity index is 988. The summed E-state index contributed by atoms with van der Waals surface area (Å²) in [7, 11) is 1.87. The van der Waals surface area contributed by atoms with Crippen molar-refractivity contribution in [2.75, 3.05) is 0 Å². The number of carboxylic acid groups (broad SMARTS) is 1. The first kappa shape index (κ1) is 18.2. The Kier molecular flexibility index (Phi) is 5.52. The second-order valence-corrected chi connectivity index (χ2v) is 6.12. The second kappa shape index (κ2) is 8.19. The van der Waals surface area contributed by atoms with E-state index < -0.39 is 5.97 Å². The molecule has 0 radical (unpaired) electrons. The third kappa shape index (κ3) is 4.33. The van der Waals surface area contributed by atoms with E-state index in [1.54, 1.807) is 24.3 Å². The van der Waals surface area contributed by atoms with Crippen molar-refractivity contribution in [1.29, 1.82) is 0 Å². The third-order valence-electron chi connectivity index (χ3n) is 4.26. The number of carbonyl (C=O) groups excluding carboxylic acids is 1. The Balaban J connectivity index is 1.98. The first-order valence-corrected chi connectivity index (χ1v) is 8.54. The average molecular weight is 360 g/mol. The molecule has 1 aromatic heterocycles. The zero-order chi connectivity index (χ0) is 19.2. The van der Waals surface area contributed by atoms with E-state index >= 15 is 0 Å². The molecule has 0 saturated heterocycles. The van der Waals surface area contributed by atoms with Gasteiger partial charge in [-0.25, -0.2) is 4.79 Å². The molecule has 5 heteroatoms. The van der Waals surface area contributed by atoms with Gasteiger partial charge in [-0.2, -0.15) is 0 Å². The van der Waals surface area contributed by atoms with E-state index in [2.05, 4.69) is 5.32 Å². The van der Waals surface area contributed by atoms with Crippen LogP contribution in [0.3, 0.4) is 0 Å². The van der Waals surface area contributed by atoms with Crippen LogP contribution in [0.2, 0.25) is 0 Å². The lowest BCUT2D eigenvalue weighted by Gasteiger charge is -2.12. The van der Waals surface area contributed by atoms with Crippen molar-refractivity contribution in [2.45, 2.75) is 6.54 Å². The minimum absolute atomic E-state index is 0.0906. The number of aromatic carboxylic acids is 1. The molecule has 1 heterocycles. The largest absolute Gasteiger partial charge is 0.478 e. The van der Waals surface area contributed by atoms with E-state index in [-0.39, 0.29) is 11.5 Å². The second-order valence-electron chi connectivity index (χ2n) is 6.12. The van der Waals surface area contributed by atoms with Gasteiger partial charge in [0.15, 0.2) is 0 Å². The summed E-state index contributed by atoms with van der Waals surface area (Å²) in [5.41, 5.74) is 2.56. The van der Waals surface area contributed by atoms with Crippen LogP contribution in [-0.4, -0.2) is 21.6 Å². The van der Waals surface area contributed by atoms with Crippen LogP contribution in [0.25, 0.3) is 11.6 Å². The van der Waals surface area contributed by atoms with Crippen molar-refractivity contribution in [1.82, 2.24) is 9.88 Å². The first-order valence-electron chi connectivity index (χ1n) is 8.54. The van der Waals surface area contributed by atoms with Crippen molar-refractivity contribution >= 4 is 23.5 Å². The summed E-state index contributed by atoms with van der Waals surface area (Å²) in [6.07, 6.45) is 3.58. The minimum Gasteiger partial charge on any atom is -0.478 e. The molecule has 136 valence electrons. The molecule has 0 saturated carbocycles. The van der Waals surface area contributed by atoms with Gasteiger partial charge >= 0.3 is 5.97 Å². The van der Waals surface area contributed by atoms with E-state index in [9.17, 15) is 14.7 Å². The lowest BCUT2D eigenvalue weighted by molar-refractivity contribution is -0.115. The predicted octanol–water partition coefficient (Wildman–Crippen LogP) is 3.58. The number of nitrogens with one attached hydrogen (secondary N) is 1. The molecule has 0 aliphatic carbocycles. The van der Waals surface area contributed by atoms with Crippen molar-refractivity contribution in [3.8, 4) is 0 Å². The molecular formula is C22H20N2O3. The van der Waals surface area contributed by atoms with Crippen LogP contribution >= 0.6 is 0 Å². The summed E-state index contributed by atoms with van der Waals surface area (Å²) in [5.74, 6) is -1.40. The summed E-state index contributed by atoms with van der Waals surface area (Å²) in [4.78, 5) is 24.6. The molecule has 0 aliphatic heterocycles. The van der Waals surface area contributed by atoms with Crippen LogP contribution in [0.5, 0.6) is 0 Å². The van der Waals surface area contributed by atoms with Gasteiger partial charge in [0.05, 0.1) is 5.56 Å². The average Bonchev–Trinajstić information content (AvgIpc) is 3.09. The number of carbonyl (C=O) groups is 2. The Morgan fingerprint density at radius 1 is 0.963 bits per heavy atom. The highest BCUT2D eigenvalue weighted by Crippen LogP contribution is 2.23. The van der Waals surface area contributed by atoms with E-state index in [0.29, 0.717) is 17.7 Å². The smallest absolute Gasteiger partial charge is 0.336 e. The van der Waals surface area contributed by atoms with E-state index in [4.69, 9.17) is 0 Å². The maximum Gasteiger partial charge on any atom is 0.336 e. The lowest BCUT2D eigenvalue weighted by Crippen LogP contribution is -2.24. The Labute approximate surface area is 157 Å². The molecule has 1 amide bonds. The van der Waals surface area contributed by atoms with Crippen molar-refractivity contribution in [3.63, 3.8) is 0 Å². The lowest BCUT2D eigenvalue weighted by atomic mass is 9.98. The van der Waals surface area contributed by atoms with Gasteiger partial charge in [0.25, 0.3) is 5.91 Å². The zero-order valence-electron chi connectivity index (χ0n) is 14.9. The van der Waals surface area contributed by atoms with Gasteiger partial charge in [0, 0.05) is 36.6 Å². The SMILES string of the molecule is Cn1cccc1/C=C(\C(=O)NCc1ccccc1)c1ccccc1C(=O)O. The fraction of sp³-hybridized carbons (Fsp3) is 0.0909. The summed E-state index contributed by atoms with van der Waals surface area (Å²) in [5, 5.41) is 12.4. The number of aryl methyl sites for hydroxylation is 1. The van der Waals surface area contributed by atoms with Crippen molar-refractivity contribution < 1.29 is 14.7 Å². The van der Waals surface area contributed by atoms with E-state index in [1.165, 1.54) is 6.07 Å². The van der Waals surface area contributed by atoms with Crippen LogP contribution in [-0.2, 0) is 18.4 Å². The molecular weight excluding hydrogens is 340 g/mol. The summed E-state index contributed by atoms with van der Waals surface area (Å²) in [6.45, 7) is 0.361. The number of hydrogen-bond acceptors (Lipinski definition) is 2. The van der Waals surface area contributed by atoms with E-state index in [1.807, 2.05) is 60.3 Å². The third-order valence-corrected chi connectivity index (χ3v) is 4.26. The fourth-order valence-electron chi connectivity index (χ4n) is 2.82. The minimum atomic E-state index is -1.07. The number of nitrogens with zero attached hydrogens (tertiary/aromatic N) is 1. The Hall–Kier alpha value is -3.60. The van der Waals surface area contributed by atoms with Crippen LogP contribution in [0.15, 0.2) is 72.9 Å². The molecule has 0 unspecified atom stereocenters. The van der Waals surface area contributed by atoms with Crippen LogP contribution in [0.4, 0.5) is 0 Å². The molecule has 27 heavy (non-hydrogen) atoms. The molecule has 0 fully saturated rings. The predicted molar refractivity (Wildman–Crippen MR) is 105 cm³/mol. The Morgan fingerprint density at radius 3 is 2.26 bits per heavy atom. The quantitative estimate of drug-likeness (QED) is 0.660. The molecule has 0 spiro atoms. The standard InChI is InChI=1S/C22H20N2O3/c1-24-13-7-10-17(24)14-20(18-11-5-6-12-19(18)22(26)27)21(25)23-15-16-8-3-2-4-9-16/h2-14H,15H2,1H3,(H,23,25)(H,26,27)/b20-14-. The van der Waals surface area contributed by atoms with Crippen LogP contribution < -0.4 is 5.32 Å². The van der Waals surface area contributed by atoms with Gasteiger partial charge < -0.3 is 15.0 Å². The maximum atomic E-state index is 12.9. The number of carboxylic acids is 1. The van der Waals surface area contributed by atoms with Gasteiger partial charge in [0.2, 0.25) is 0 Å². The van der Waals surface area contributed by atoms with Crippen molar-refractivity contribution in [2.24, 2.45) is 7.05 Å². The van der Waals surface area contributed by atoms with Gasteiger partial charge in [-0.1, -0.05) is 48.5 Å². The molecule has 2 N–H and O–H groups in total. The monoisotopic (exact) mass is 360 g/mol. The molecule has 0 aliphatic rings. The fourth-order valence-corrected chi connectivity index (χ4v) is 2.82. The number of amides is 1.